The van der Waals surface area contributed by atoms with Crippen molar-refractivity contribution in [2.24, 2.45) is 0 Å². The third-order valence-electron chi connectivity index (χ3n) is 3.03. The van der Waals surface area contributed by atoms with Crippen molar-refractivity contribution in [3.63, 3.8) is 0 Å². The molecule has 1 fully saturated rings. The molecule has 0 spiro atoms. The summed E-state index contributed by atoms with van der Waals surface area (Å²) in [5.74, 6) is 0. The van der Waals surface area contributed by atoms with Crippen LogP contribution in [0.5, 0.6) is 0 Å². The summed E-state index contributed by atoms with van der Waals surface area (Å²) in [5.41, 5.74) is 1.23. The second kappa shape index (κ2) is 6.78. The molecule has 0 bridgehead atoms. The molecule has 0 aromatic heterocycles. The summed E-state index contributed by atoms with van der Waals surface area (Å²) in [7, 11) is 0. The lowest BCUT2D eigenvalue weighted by Gasteiger charge is -2.09. The Morgan fingerprint density at radius 2 is 1.91 bits per heavy atom. The van der Waals surface area contributed by atoms with Crippen LogP contribution in [0.25, 0.3) is 0 Å². The van der Waals surface area contributed by atoms with E-state index >= 15 is 0 Å². The van der Waals surface area contributed by atoms with E-state index in [9.17, 15) is 4.79 Å². The normalized spacial score (nSPS) is 15.5. The summed E-state index contributed by atoms with van der Waals surface area (Å²) in [4.78, 5) is 10.9. The Labute approximate surface area is 127 Å². The van der Waals surface area contributed by atoms with Crippen LogP contribution in [0.15, 0.2) is 35.5 Å². The molecule has 7 heteroatoms. The van der Waals surface area contributed by atoms with Crippen LogP contribution in [0.2, 0.25) is 0 Å². The predicted molar refractivity (Wildman–Crippen MR) is 75.9 cm³/mol. The van der Waals surface area contributed by atoms with Gasteiger partial charge in [-0.25, -0.2) is 4.79 Å². The van der Waals surface area contributed by atoms with E-state index in [0.29, 0.717) is 18.7 Å². The van der Waals surface area contributed by atoms with Gasteiger partial charge in [0.1, 0.15) is 30.5 Å². The average molecular weight is 293 g/mol. The van der Waals surface area contributed by atoms with Crippen LogP contribution in [0.4, 0.5) is 10.5 Å². The number of rotatable bonds is 4. The number of ether oxygens (including phenoxy) is 1. The summed E-state index contributed by atoms with van der Waals surface area (Å²) < 4.78 is 4.81. The van der Waals surface area contributed by atoms with Crippen molar-refractivity contribution in [3.05, 3.63) is 41.1 Å². The number of carbonyl (C=O) groups excluding carboxylic acids is 1. The molecule has 0 radical (unpaired) electrons. The van der Waals surface area contributed by atoms with E-state index in [1.165, 1.54) is 0 Å². The van der Waals surface area contributed by atoms with Crippen LogP contribution < -0.4 is 10.6 Å². The van der Waals surface area contributed by atoms with Gasteiger partial charge in [-0.2, -0.15) is 15.8 Å². The van der Waals surface area contributed by atoms with Crippen molar-refractivity contribution in [2.45, 2.75) is 12.5 Å². The lowest BCUT2D eigenvalue weighted by atomic mass is 10.1. The Balaban J connectivity index is 2.05. The highest BCUT2D eigenvalue weighted by atomic mass is 16.6. The van der Waals surface area contributed by atoms with Gasteiger partial charge < -0.3 is 15.4 Å². The van der Waals surface area contributed by atoms with Crippen molar-refractivity contribution in [1.82, 2.24) is 5.32 Å². The first-order valence-electron chi connectivity index (χ1n) is 6.40. The topological polar surface area (TPSA) is 122 Å². The lowest BCUT2D eigenvalue weighted by Crippen LogP contribution is -2.28. The third kappa shape index (κ3) is 3.53. The number of hydrogen-bond donors (Lipinski definition) is 2. The number of cyclic esters (lactones) is 1. The standard InChI is InChI=1S/C15H11N5O2/c16-6-11(7-17)14(8-18)19-12-3-1-10(2-4-12)5-13-9-22-15(21)20-13/h1-4,13,19H,5,9H2,(H,20,21). The summed E-state index contributed by atoms with van der Waals surface area (Å²) >= 11 is 0. The number of allylic oxidation sites excluding steroid dienone is 2. The fourth-order valence-corrected chi connectivity index (χ4v) is 1.97. The third-order valence-corrected chi connectivity index (χ3v) is 3.03. The van der Waals surface area contributed by atoms with Gasteiger partial charge in [0.15, 0.2) is 5.57 Å². The summed E-state index contributed by atoms with van der Waals surface area (Å²) in [6, 6.07) is 12.2. The van der Waals surface area contributed by atoms with Gasteiger partial charge in [-0.1, -0.05) is 12.1 Å². The Hall–Kier alpha value is -3.50. The molecule has 0 saturated carbocycles. The molecular formula is C15H11N5O2. The molecule has 1 heterocycles. The minimum absolute atomic E-state index is 0.0512. The Morgan fingerprint density at radius 1 is 1.23 bits per heavy atom. The van der Waals surface area contributed by atoms with Gasteiger partial charge in [0, 0.05) is 5.69 Å². The highest BCUT2D eigenvalue weighted by Crippen LogP contribution is 2.15. The molecular weight excluding hydrogens is 282 g/mol. The quantitative estimate of drug-likeness (QED) is 0.812. The van der Waals surface area contributed by atoms with Crippen LogP contribution in [0, 0.1) is 34.0 Å². The highest BCUT2D eigenvalue weighted by Gasteiger charge is 2.22. The Kier molecular flexibility index (Phi) is 4.59. The molecule has 1 aromatic carbocycles. The molecule has 2 N–H and O–H groups in total. The van der Waals surface area contributed by atoms with E-state index in [0.717, 1.165) is 5.56 Å². The first-order valence-corrected chi connectivity index (χ1v) is 6.40. The van der Waals surface area contributed by atoms with Crippen LogP contribution in [-0.4, -0.2) is 18.7 Å². The Morgan fingerprint density at radius 3 is 2.41 bits per heavy atom. The molecule has 1 aliphatic rings. The summed E-state index contributed by atoms with van der Waals surface area (Å²) in [6.45, 7) is 0.341. The van der Waals surface area contributed by atoms with Gasteiger partial charge in [0.05, 0.1) is 6.04 Å². The molecule has 1 aliphatic heterocycles. The van der Waals surface area contributed by atoms with Crippen LogP contribution in [0.1, 0.15) is 5.56 Å². The number of benzene rings is 1. The van der Waals surface area contributed by atoms with Crippen molar-refractivity contribution in [3.8, 4) is 18.2 Å². The predicted octanol–water partition coefficient (Wildman–Crippen LogP) is 1.57. The fraction of sp³-hybridized carbons (Fsp3) is 0.200. The maximum Gasteiger partial charge on any atom is 0.407 e. The molecule has 1 unspecified atom stereocenters. The average Bonchev–Trinajstić information content (AvgIpc) is 2.94. The van der Waals surface area contributed by atoms with E-state index < -0.39 is 6.09 Å². The number of carbonyl (C=O) groups is 1. The molecule has 1 aromatic rings. The maximum atomic E-state index is 10.9. The van der Waals surface area contributed by atoms with Gasteiger partial charge in [-0.3, -0.25) is 0 Å². The number of hydrogen-bond acceptors (Lipinski definition) is 6. The van der Waals surface area contributed by atoms with Crippen molar-refractivity contribution in [2.75, 3.05) is 11.9 Å². The number of anilines is 1. The van der Waals surface area contributed by atoms with Crippen LogP contribution in [0.3, 0.4) is 0 Å². The van der Waals surface area contributed by atoms with Gasteiger partial charge in [0.2, 0.25) is 0 Å². The number of nitrogens with zero attached hydrogens (tertiary/aromatic N) is 3. The maximum absolute atomic E-state index is 10.9. The molecule has 1 saturated heterocycles. The zero-order chi connectivity index (χ0) is 15.9. The Bertz CT molecular complexity index is 715. The minimum Gasteiger partial charge on any atom is -0.447 e. The second-order valence-electron chi connectivity index (χ2n) is 4.55. The lowest BCUT2D eigenvalue weighted by molar-refractivity contribution is 0.177. The van der Waals surface area contributed by atoms with E-state index in [1.807, 2.05) is 12.1 Å². The van der Waals surface area contributed by atoms with E-state index in [1.54, 1.807) is 30.3 Å². The van der Waals surface area contributed by atoms with Crippen molar-refractivity contribution < 1.29 is 9.53 Å². The van der Waals surface area contributed by atoms with E-state index in [4.69, 9.17) is 20.5 Å². The molecule has 1 atom stereocenters. The first kappa shape index (κ1) is 14.9. The van der Waals surface area contributed by atoms with Gasteiger partial charge in [-0.05, 0) is 24.1 Å². The number of alkyl carbamates (subject to hydrolysis) is 1. The monoisotopic (exact) mass is 293 g/mol. The molecule has 1 amide bonds. The molecule has 2 rings (SSSR count). The number of nitrogens with one attached hydrogen (secondary N) is 2. The van der Waals surface area contributed by atoms with E-state index in [2.05, 4.69) is 10.6 Å². The summed E-state index contributed by atoms with van der Waals surface area (Å²) in [6.07, 6.45) is 0.224. The number of amides is 1. The smallest absolute Gasteiger partial charge is 0.407 e. The van der Waals surface area contributed by atoms with Gasteiger partial charge in [0.25, 0.3) is 0 Å². The SMILES string of the molecule is N#CC(C#N)=C(C#N)Nc1ccc(CC2COC(=O)N2)cc1. The van der Waals surface area contributed by atoms with Crippen LogP contribution in [-0.2, 0) is 11.2 Å². The van der Waals surface area contributed by atoms with Crippen LogP contribution >= 0.6 is 0 Å². The largest absolute Gasteiger partial charge is 0.447 e. The van der Waals surface area contributed by atoms with E-state index in [-0.39, 0.29) is 17.3 Å². The van der Waals surface area contributed by atoms with Gasteiger partial charge in [-0.15, -0.1) is 0 Å². The van der Waals surface area contributed by atoms with Crippen molar-refractivity contribution >= 4 is 11.8 Å². The van der Waals surface area contributed by atoms with Crippen molar-refractivity contribution in [1.29, 1.82) is 15.8 Å². The van der Waals surface area contributed by atoms with Gasteiger partial charge >= 0.3 is 6.09 Å². The summed E-state index contributed by atoms with van der Waals surface area (Å²) in [5, 5.41) is 31.9. The fourth-order valence-electron chi connectivity index (χ4n) is 1.97. The first-order chi connectivity index (χ1) is 10.7. The zero-order valence-electron chi connectivity index (χ0n) is 11.5. The molecule has 7 nitrogen and oxygen atoms in total. The molecule has 22 heavy (non-hydrogen) atoms. The molecule has 108 valence electrons. The zero-order valence-corrected chi connectivity index (χ0v) is 11.5. The highest BCUT2D eigenvalue weighted by molar-refractivity contribution is 5.69. The molecule has 0 aliphatic carbocycles. The second-order valence-corrected chi connectivity index (χ2v) is 4.55. The minimum atomic E-state index is -0.410. The number of nitriles is 3.